The number of carbonyl (C=O) groups excluding carboxylic acids is 1. The number of nitrogens with one attached hydrogen (secondary N) is 3. The quantitative estimate of drug-likeness (QED) is 0.291. The number of amides is 1. The molecular weight excluding hydrogens is 465 g/mol. The third kappa shape index (κ3) is 8.34. The molecule has 1 aromatic rings. The molecule has 0 aromatic heterocycles. The van der Waals surface area contributed by atoms with Gasteiger partial charge in [-0.05, 0) is 57.4 Å². The number of nitrogens with zero attached hydrogens (tertiary/aromatic N) is 2. The van der Waals surface area contributed by atoms with Gasteiger partial charge in [-0.2, -0.15) is 0 Å². The molecule has 0 radical (unpaired) electrons. The van der Waals surface area contributed by atoms with Crippen LogP contribution in [-0.2, 0) is 6.54 Å². The van der Waals surface area contributed by atoms with Crippen molar-refractivity contribution in [2.45, 2.75) is 52.6 Å². The van der Waals surface area contributed by atoms with Gasteiger partial charge in [0.1, 0.15) is 0 Å². The number of likely N-dealkylation sites (tertiary alicyclic amines) is 1. The van der Waals surface area contributed by atoms with E-state index in [1.165, 1.54) is 13.0 Å². The number of halogens is 1. The molecule has 1 amide bonds. The first-order chi connectivity index (χ1) is 13.2. The van der Waals surface area contributed by atoms with E-state index in [2.05, 4.69) is 34.7 Å². The highest BCUT2D eigenvalue weighted by molar-refractivity contribution is 14.0. The average molecular weight is 501 g/mol. The molecule has 0 atom stereocenters. The van der Waals surface area contributed by atoms with E-state index in [0.29, 0.717) is 24.7 Å². The van der Waals surface area contributed by atoms with E-state index in [1.54, 1.807) is 0 Å². The van der Waals surface area contributed by atoms with Gasteiger partial charge in [0.05, 0.1) is 6.54 Å². The second-order valence-corrected chi connectivity index (χ2v) is 7.01. The van der Waals surface area contributed by atoms with Crippen LogP contribution in [0.3, 0.4) is 0 Å². The van der Waals surface area contributed by atoms with Crippen molar-refractivity contribution < 1.29 is 4.79 Å². The second-order valence-electron chi connectivity index (χ2n) is 7.01. The number of aliphatic imine (C=N–C) groups is 1. The van der Waals surface area contributed by atoms with E-state index in [9.17, 15) is 4.79 Å². The van der Waals surface area contributed by atoms with Gasteiger partial charge in [0.25, 0.3) is 5.91 Å². The van der Waals surface area contributed by atoms with Crippen molar-refractivity contribution in [3.8, 4) is 0 Å². The molecule has 1 aliphatic heterocycles. The maximum absolute atomic E-state index is 11.8. The Hall–Kier alpha value is -1.35. The molecule has 1 aromatic carbocycles. The molecule has 158 valence electrons. The van der Waals surface area contributed by atoms with Gasteiger partial charge in [-0.25, -0.2) is 4.99 Å². The van der Waals surface area contributed by atoms with Crippen LogP contribution in [0.2, 0.25) is 0 Å². The zero-order chi connectivity index (χ0) is 19.5. The molecule has 2 rings (SSSR count). The Morgan fingerprint density at radius 3 is 2.29 bits per heavy atom. The van der Waals surface area contributed by atoms with Crippen LogP contribution in [0.4, 0.5) is 0 Å². The maximum Gasteiger partial charge on any atom is 0.251 e. The van der Waals surface area contributed by atoms with Gasteiger partial charge in [0.2, 0.25) is 0 Å². The Labute approximate surface area is 187 Å². The van der Waals surface area contributed by atoms with E-state index in [4.69, 9.17) is 4.99 Å². The fraction of sp³-hybridized carbons (Fsp3) is 0.619. The van der Waals surface area contributed by atoms with Gasteiger partial charge in [0.15, 0.2) is 5.96 Å². The fourth-order valence-corrected chi connectivity index (χ4v) is 3.32. The van der Waals surface area contributed by atoms with Crippen LogP contribution in [0.15, 0.2) is 29.3 Å². The Bertz CT molecular complexity index is 597. The summed E-state index contributed by atoms with van der Waals surface area (Å²) in [6.07, 6.45) is 3.54. The van der Waals surface area contributed by atoms with Crippen molar-refractivity contribution in [2.75, 3.05) is 32.7 Å². The van der Waals surface area contributed by atoms with Crippen LogP contribution in [0.25, 0.3) is 0 Å². The molecule has 0 spiro atoms. The molecule has 0 saturated carbocycles. The van der Waals surface area contributed by atoms with Crippen molar-refractivity contribution >= 4 is 35.8 Å². The molecule has 0 unspecified atom stereocenters. The number of benzene rings is 1. The number of rotatable bonds is 8. The molecule has 6 nitrogen and oxygen atoms in total. The Morgan fingerprint density at radius 2 is 1.71 bits per heavy atom. The minimum absolute atomic E-state index is 0. The Balaban J connectivity index is 0.00000392. The zero-order valence-electron chi connectivity index (χ0n) is 17.5. The van der Waals surface area contributed by atoms with Gasteiger partial charge in [0, 0.05) is 37.8 Å². The molecule has 3 N–H and O–H groups in total. The second kappa shape index (κ2) is 13.8. The van der Waals surface area contributed by atoms with E-state index >= 15 is 0 Å². The van der Waals surface area contributed by atoms with Crippen LogP contribution in [-0.4, -0.2) is 55.5 Å². The number of piperidine rings is 1. The first-order valence-corrected chi connectivity index (χ1v) is 10.3. The predicted molar refractivity (Wildman–Crippen MR) is 128 cm³/mol. The molecule has 0 bridgehead atoms. The van der Waals surface area contributed by atoms with Crippen LogP contribution in [0.1, 0.15) is 56.0 Å². The lowest BCUT2D eigenvalue weighted by atomic mass is 10.1. The third-order valence-electron chi connectivity index (χ3n) is 4.79. The van der Waals surface area contributed by atoms with Crippen molar-refractivity contribution in [2.24, 2.45) is 4.99 Å². The smallest absolute Gasteiger partial charge is 0.251 e. The lowest BCUT2D eigenvalue weighted by Crippen LogP contribution is -2.48. The lowest BCUT2D eigenvalue weighted by Gasteiger charge is -2.32. The highest BCUT2D eigenvalue weighted by Gasteiger charge is 2.19. The summed E-state index contributed by atoms with van der Waals surface area (Å²) >= 11 is 0. The lowest BCUT2D eigenvalue weighted by molar-refractivity contribution is 0.0956. The average Bonchev–Trinajstić information content (AvgIpc) is 2.68. The highest BCUT2D eigenvalue weighted by Crippen LogP contribution is 2.11. The largest absolute Gasteiger partial charge is 0.357 e. The summed E-state index contributed by atoms with van der Waals surface area (Å²) in [5.74, 6) is 0.844. The summed E-state index contributed by atoms with van der Waals surface area (Å²) in [6, 6.07) is 8.15. The van der Waals surface area contributed by atoms with Crippen molar-refractivity contribution in [1.29, 1.82) is 0 Å². The van der Waals surface area contributed by atoms with Crippen LogP contribution >= 0.6 is 24.0 Å². The van der Waals surface area contributed by atoms with E-state index in [1.807, 2.05) is 31.2 Å². The Kier molecular flexibility index (Phi) is 12.1. The minimum Gasteiger partial charge on any atom is -0.357 e. The van der Waals surface area contributed by atoms with Gasteiger partial charge >= 0.3 is 0 Å². The summed E-state index contributed by atoms with van der Waals surface area (Å²) in [5.41, 5.74) is 1.78. The topological polar surface area (TPSA) is 68.8 Å². The predicted octanol–water partition coefficient (Wildman–Crippen LogP) is 2.98. The third-order valence-corrected chi connectivity index (χ3v) is 4.79. The first-order valence-electron chi connectivity index (χ1n) is 10.3. The van der Waals surface area contributed by atoms with Crippen molar-refractivity contribution in [1.82, 2.24) is 20.9 Å². The van der Waals surface area contributed by atoms with Crippen LogP contribution in [0.5, 0.6) is 0 Å². The standard InChI is InChI=1S/C21H35N5O.HI/c1-4-13-26-14-11-19(12-15-26)25-21(23-6-3)24-16-17-7-9-18(10-8-17)20(27)22-5-2;/h7-10,19H,4-6,11-16H2,1-3H3,(H,22,27)(H2,23,24,25);1H. The summed E-state index contributed by atoms with van der Waals surface area (Å²) < 4.78 is 0. The molecule has 1 saturated heterocycles. The van der Waals surface area contributed by atoms with Crippen LogP contribution in [0, 0.1) is 0 Å². The number of carbonyl (C=O) groups is 1. The molecule has 28 heavy (non-hydrogen) atoms. The van der Waals surface area contributed by atoms with Gasteiger partial charge in [-0.1, -0.05) is 19.1 Å². The maximum atomic E-state index is 11.8. The molecule has 1 fully saturated rings. The van der Waals surface area contributed by atoms with Gasteiger partial charge < -0.3 is 20.9 Å². The van der Waals surface area contributed by atoms with E-state index in [0.717, 1.165) is 44.0 Å². The van der Waals surface area contributed by atoms with Crippen molar-refractivity contribution in [3.05, 3.63) is 35.4 Å². The van der Waals surface area contributed by atoms with Crippen molar-refractivity contribution in [3.63, 3.8) is 0 Å². The first kappa shape index (κ1) is 24.7. The SMILES string of the molecule is CCCN1CCC(NC(=NCc2ccc(C(=O)NCC)cc2)NCC)CC1.I. The van der Waals surface area contributed by atoms with Crippen LogP contribution < -0.4 is 16.0 Å². The van der Waals surface area contributed by atoms with E-state index < -0.39 is 0 Å². The minimum atomic E-state index is -0.0306. The highest BCUT2D eigenvalue weighted by atomic mass is 127. The summed E-state index contributed by atoms with van der Waals surface area (Å²) in [4.78, 5) is 19.1. The number of guanidine groups is 1. The zero-order valence-corrected chi connectivity index (χ0v) is 19.8. The summed E-state index contributed by atoms with van der Waals surface area (Å²) in [5, 5.41) is 9.74. The summed E-state index contributed by atoms with van der Waals surface area (Å²) in [7, 11) is 0. The number of hydrogen-bond acceptors (Lipinski definition) is 3. The number of hydrogen-bond donors (Lipinski definition) is 3. The van der Waals surface area contributed by atoms with Gasteiger partial charge in [-0.15, -0.1) is 24.0 Å². The molecule has 1 aliphatic rings. The Morgan fingerprint density at radius 1 is 1.07 bits per heavy atom. The summed E-state index contributed by atoms with van der Waals surface area (Å²) in [6.45, 7) is 11.8. The normalized spacial score (nSPS) is 15.6. The monoisotopic (exact) mass is 501 g/mol. The fourth-order valence-electron chi connectivity index (χ4n) is 3.32. The molecular formula is C21H36IN5O. The van der Waals surface area contributed by atoms with E-state index in [-0.39, 0.29) is 29.9 Å². The molecule has 0 aliphatic carbocycles. The molecule has 1 heterocycles. The van der Waals surface area contributed by atoms with Gasteiger partial charge in [-0.3, -0.25) is 4.79 Å². The molecule has 7 heteroatoms.